The summed E-state index contributed by atoms with van der Waals surface area (Å²) < 4.78 is 5.11. The number of methoxy groups -OCH3 is 1. The van der Waals surface area contributed by atoms with Gasteiger partial charge in [0.2, 0.25) is 0 Å². The normalized spacial score (nSPS) is 23.0. The molecule has 2 atom stereocenters. The van der Waals surface area contributed by atoms with Crippen LogP contribution in [0.25, 0.3) is 0 Å². The molecule has 2 rings (SSSR count). The molecule has 1 aromatic carbocycles. The highest BCUT2D eigenvalue weighted by Gasteiger charge is 2.21. The molecule has 0 spiro atoms. The molecule has 0 amide bonds. The maximum Gasteiger partial charge on any atom is 0.157 e. The van der Waals surface area contributed by atoms with E-state index < -0.39 is 0 Å². The van der Waals surface area contributed by atoms with Gasteiger partial charge in [-0.05, 0) is 11.5 Å². The first-order chi connectivity index (χ1) is 8.79. The van der Waals surface area contributed by atoms with Crippen molar-refractivity contribution in [2.75, 3.05) is 26.0 Å². The first-order valence-corrected chi connectivity index (χ1v) is 7.26. The third kappa shape index (κ3) is 3.75. The Balaban J connectivity index is 1.87. The predicted molar refractivity (Wildman–Crippen MR) is 78.1 cm³/mol. The summed E-state index contributed by atoms with van der Waals surface area (Å²) in [5.74, 6) is 1.53. The number of aliphatic imine (C=N–C) groups is 1. The fourth-order valence-corrected chi connectivity index (χ4v) is 2.92. The molecule has 0 aromatic heterocycles. The second-order valence-corrected chi connectivity index (χ2v) is 5.63. The van der Waals surface area contributed by atoms with Crippen LogP contribution in [0.2, 0.25) is 0 Å². The van der Waals surface area contributed by atoms with E-state index in [2.05, 4.69) is 41.5 Å². The van der Waals surface area contributed by atoms with Gasteiger partial charge in [-0.3, -0.25) is 4.99 Å². The van der Waals surface area contributed by atoms with Crippen LogP contribution in [0.3, 0.4) is 0 Å². The third-order valence-electron chi connectivity index (χ3n) is 2.88. The zero-order chi connectivity index (χ0) is 12.8. The van der Waals surface area contributed by atoms with Gasteiger partial charge in [0.1, 0.15) is 0 Å². The van der Waals surface area contributed by atoms with Gasteiger partial charge in [-0.2, -0.15) is 0 Å². The van der Waals surface area contributed by atoms with Crippen molar-refractivity contribution in [3.8, 4) is 0 Å². The van der Waals surface area contributed by atoms with Crippen molar-refractivity contribution >= 4 is 16.9 Å². The second-order valence-electron chi connectivity index (χ2n) is 4.62. The number of rotatable bonds is 5. The van der Waals surface area contributed by atoms with Crippen molar-refractivity contribution in [1.29, 1.82) is 0 Å². The van der Waals surface area contributed by atoms with E-state index in [0.717, 1.165) is 24.1 Å². The standard InChI is InChI=1S/C14H20N2OS/c1-11(9-17-2)8-15-14-16-13(10-18-14)12-6-4-3-5-7-12/h3-7,11,13H,8-10H2,1-2H3,(H,15,16). The number of amidine groups is 1. The SMILES string of the molecule is COCC(C)CN=C1NC(c2ccccc2)CS1. The maximum atomic E-state index is 5.11. The number of nitrogens with zero attached hydrogens (tertiary/aromatic N) is 1. The lowest BCUT2D eigenvalue weighted by Gasteiger charge is -2.10. The fraction of sp³-hybridized carbons (Fsp3) is 0.500. The van der Waals surface area contributed by atoms with Crippen LogP contribution in [0.4, 0.5) is 0 Å². The van der Waals surface area contributed by atoms with Crippen LogP contribution in [0.15, 0.2) is 35.3 Å². The van der Waals surface area contributed by atoms with E-state index in [1.165, 1.54) is 5.56 Å². The van der Waals surface area contributed by atoms with E-state index in [1.807, 2.05) is 6.07 Å². The summed E-state index contributed by atoms with van der Waals surface area (Å²) in [7, 11) is 1.73. The summed E-state index contributed by atoms with van der Waals surface area (Å²) in [6, 6.07) is 10.9. The van der Waals surface area contributed by atoms with Crippen LogP contribution in [0, 0.1) is 5.92 Å². The summed E-state index contributed by atoms with van der Waals surface area (Å²) in [6.45, 7) is 3.75. The molecule has 1 aliphatic rings. The van der Waals surface area contributed by atoms with Crippen LogP contribution in [0.5, 0.6) is 0 Å². The minimum absolute atomic E-state index is 0.396. The Bertz CT molecular complexity index is 394. The summed E-state index contributed by atoms with van der Waals surface area (Å²) in [6.07, 6.45) is 0. The summed E-state index contributed by atoms with van der Waals surface area (Å²) in [5.41, 5.74) is 1.33. The topological polar surface area (TPSA) is 33.6 Å². The van der Waals surface area contributed by atoms with E-state index in [-0.39, 0.29) is 0 Å². The van der Waals surface area contributed by atoms with Crippen molar-refractivity contribution < 1.29 is 4.74 Å². The molecule has 0 bridgehead atoms. The molecule has 4 heteroatoms. The monoisotopic (exact) mass is 264 g/mol. The molecule has 18 heavy (non-hydrogen) atoms. The highest BCUT2D eigenvalue weighted by molar-refractivity contribution is 8.14. The number of hydrogen-bond donors (Lipinski definition) is 1. The minimum Gasteiger partial charge on any atom is -0.384 e. The quantitative estimate of drug-likeness (QED) is 0.888. The van der Waals surface area contributed by atoms with Gasteiger partial charge in [0.05, 0.1) is 12.6 Å². The van der Waals surface area contributed by atoms with Gasteiger partial charge in [-0.1, -0.05) is 49.0 Å². The summed E-state index contributed by atoms with van der Waals surface area (Å²) in [4.78, 5) is 4.61. The van der Waals surface area contributed by atoms with Crippen LogP contribution in [-0.4, -0.2) is 31.2 Å². The molecule has 1 N–H and O–H groups in total. The highest BCUT2D eigenvalue weighted by atomic mass is 32.2. The van der Waals surface area contributed by atoms with E-state index in [0.29, 0.717) is 12.0 Å². The van der Waals surface area contributed by atoms with Gasteiger partial charge < -0.3 is 10.1 Å². The molecule has 1 saturated heterocycles. The Morgan fingerprint density at radius 2 is 2.22 bits per heavy atom. The third-order valence-corrected chi connectivity index (χ3v) is 3.90. The Labute approximate surface area is 113 Å². The largest absolute Gasteiger partial charge is 0.384 e. The molecule has 1 heterocycles. The minimum atomic E-state index is 0.396. The van der Waals surface area contributed by atoms with Gasteiger partial charge in [0, 0.05) is 19.4 Å². The zero-order valence-corrected chi connectivity index (χ0v) is 11.7. The Hall–Kier alpha value is -1.00. The lowest BCUT2D eigenvalue weighted by Crippen LogP contribution is -2.20. The molecule has 3 nitrogen and oxygen atoms in total. The van der Waals surface area contributed by atoms with Gasteiger partial charge in [0.15, 0.2) is 5.17 Å². The number of nitrogens with one attached hydrogen (secondary N) is 1. The van der Waals surface area contributed by atoms with Crippen molar-refractivity contribution in [3.05, 3.63) is 35.9 Å². The van der Waals surface area contributed by atoms with Crippen LogP contribution >= 0.6 is 11.8 Å². The summed E-state index contributed by atoms with van der Waals surface area (Å²) in [5, 5.41) is 4.54. The Kier molecular flexibility index (Phi) is 5.08. The van der Waals surface area contributed by atoms with E-state index in [4.69, 9.17) is 4.74 Å². The maximum absolute atomic E-state index is 5.11. The molecule has 0 saturated carbocycles. The number of thioether (sulfide) groups is 1. The van der Waals surface area contributed by atoms with Gasteiger partial charge in [0.25, 0.3) is 0 Å². The highest BCUT2D eigenvalue weighted by Crippen LogP contribution is 2.25. The smallest absolute Gasteiger partial charge is 0.157 e. The van der Waals surface area contributed by atoms with Gasteiger partial charge in [-0.25, -0.2) is 0 Å². The number of ether oxygens (including phenoxy) is 1. The van der Waals surface area contributed by atoms with E-state index in [1.54, 1.807) is 18.9 Å². The van der Waals surface area contributed by atoms with E-state index in [9.17, 15) is 0 Å². The molecule has 0 radical (unpaired) electrons. The lowest BCUT2D eigenvalue weighted by molar-refractivity contribution is 0.163. The van der Waals surface area contributed by atoms with E-state index >= 15 is 0 Å². The first-order valence-electron chi connectivity index (χ1n) is 6.27. The van der Waals surface area contributed by atoms with Crippen LogP contribution in [0.1, 0.15) is 18.5 Å². The zero-order valence-electron chi connectivity index (χ0n) is 10.9. The summed E-state index contributed by atoms with van der Waals surface area (Å²) >= 11 is 1.80. The average Bonchev–Trinajstić information content (AvgIpc) is 2.87. The molecule has 2 unspecified atom stereocenters. The number of benzene rings is 1. The predicted octanol–water partition coefficient (Wildman–Crippen LogP) is 2.70. The Morgan fingerprint density at radius 1 is 1.44 bits per heavy atom. The lowest BCUT2D eigenvalue weighted by atomic mass is 10.1. The van der Waals surface area contributed by atoms with Crippen molar-refractivity contribution in [2.24, 2.45) is 10.9 Å². The van der Waals surface area contributed by atoms with Crippen molar-refractivity contribution in [3.63, 3.8) is 0 Å². The van der Waals surface area contributed by atoms with Crippen LogP contribution in [-0.2, 0) is 4.74 Å². The molecule has 1 aliphatic heterocycles. The fourth-order valence-electron chi connectivity index (χ4n) is 1.93. The molecule has 1 fully saturated rings. The second kappa shape index (κ2) is 6.81. The van der Waals surface area contributed by atoms with Gasteiger partial charge in [-0.15, -0.1) is 0 Å². The molecule has 0 aliphatic carbocycles. The first kappa shape index (κ1) is 13.4. The molecule has 98 valence electrons. The molecular weight excluding hydrogens is 244 g/mol. The van der Waals surface area contributed by atoms with Crippen LogP contribution < -0.4 is 5.32 Å². The molecular formula is C14H20N2OS. The Morgan fingerprint density at radius 3 is 2.94 bits per heavy atom. The number of hydrogen-bond acceptors (Lipinski definition) is 3. The molecule has 1 aromatic rings. The van der Waals surface area contributed by atoms with Crippen molar-refractivity contribution in [2.45, 2.75) is 13.0 Å². The average molecular weight is 264 g/mol. The van der Waals surface area contributed by atoms with Crippen molar-refractivity contribution in [1.82, 2.24) is 5.32 Å². The van der Waals surface area contributed by atoms with Gasteiger partial charge >= 0.3 is 0 Å².